The van der Waals surface area contributed by atoms with Gasteiger partial charge in [0.15, 0.2) is 0 Å². The molecule has 20 heavy (non-hydrogen) atoms. The third-order valence-electron chi connectivity index (χ3n) is 4.66. The zero-order chi connectivity index (χ0) is 14.7. The molecule has 0 spiro atoms. The van der Waals surface area contributed by atoms with Crippen LogP contribution in [0.25, 0.3) is 0 Å². The maximum absolute atomic E-state index is 5.99. The SMILES string of the molecule is CCN(Cc1c(Br)c(C)nn1C)C1CCCCC1CN. The molecule has 1 fully saturated rings. The van der Waals surface area contributed by atoms with Gasteiger partial charge in [-0.15, -0.1) is 0 Å². The summed E-state index contributed by atoms with van der Waals surface area (Å²) in [4.78, 5) is 2.58. The van der Waals surface area contributed by atoms with Crippen LogP contribution in [0.15, 0.2) is 4.47 Å². The van der Waals surface area contributed by atoms with Gasteiger partial charge in [-0.2, -0.15) is 5.10 Å². The summed E-state index contributed by atoms with van der Waals surface area (Å²) in [5.41, 5.74) is 8.33. The smallest absolute Gasteiger partial charge is 0.0739 e. The molecular weight excluding hydrogens is 316 g/mol. The standard InChI is InChI=1S/C15H27BrN4/c1-4-20(13-8-6-5-7-12(13)9-17)10-14-15(16)11(2)18-19(14)3/h12-13H,4-10,17H2,1-3H3. The summed E-state index contributed by atoms with van der Waals surface area (Å²) in [5, 5.41) is 4.50. The monoisotopic (exact) mass is 342 g/mol. The predicted octanol–water partition coefficient (Wildman–Crippen LogP) is 2.83. The third kappa shape index (κ3) is 3.26. The highest BCUT2D eigenvalue weighted by Crippen LogP contribution is 2.30. The first kappa shape index (κ1) is 16.0. The van der Waals surface area contributed by atoms with E-state index in [0.29, 0.717) is 12.0 Å². The van der Waals surface area contributed by atoms with E-state index in [9.17, 15) is 0 Å². The van der Waals surface area contributed by atoms with E-state index in [4.69, 9.17) is 5.73 Å². The molecule has 1 heterocycles. The minimum absolute atomic E-state index is 0.626. The van der Waals surface area contributed by atoms with Crippen LogP contribution in [-0.4, -0.2) is 33.8 Å². The van der Waals surface area contributed by atoms with Gasteiger partial charge < -0.3 is 5.73 Å². The number of nitrogens with two attached hydrogens (primary N) is 1. The Balaban J connectivity index is 2.15. The van der Waals surface area contributed by atoms with Gasteiger partial charge in [0.05, 0.1) is 15.9 Å². The number of hydrogen-bond donors (Lipinski definition) is 1. The van der Waals surface area contributed by atoms with Crippen molar-refractivity contribution in [1.82, 2.24) is 14.7 Å². The summed E-state index contributed by atoms with van der Waals surface area (Å²) in [5.74, 6) is 0.650. The molecular formula is C15H27BrN4. The number of halogens is 1. The van der Waals surface area contributed by atoms with Crippen LogP contribution in [0.1, 0.15) is 44.0 Å². The van der Waals surface area contributed by atoms with Crippen LogP contribution in [0.3, 0.4) is 0 Å². The van der Waals surface area contributed by atoms with Gasteiger partial charge in [-0.25, -0.2) is 0 Å². The molecule has 1 saturated carbocycles. The molecule has 0 radical (unpaired) electrons. The van der Waals surface area contributed by atoms with Crippen LogP contribution < -0.4 is 5.73 Å². The van der Waals surface area contributed by atoms with Crippen molar-refractivity contribution < 1.29 is 0 Å². The average Bonchev–Trinajstić information content (AvgIpc) is 2.70. The number of aryl methyl sites for hydroxylation is 2. The largest absolute Gasteiger partial charge is 0.330 e. The highest BCUT2D eigenvalue weighted by molar-refractivity contribution is 9.10. The molecule has 0 aromatic carbocycles. The number of nitrogens with zero attached hydrogens (tertiary/aromatic N) is 3. The summed E-state index contributed by atoms with van der Waals surface area (Å²) < 4.78 is 3.15. The van der Waals surface area contributed by atoms with E-state index in [-0.39, 0.29) is 0 Å². The highest BCUT2D eigenvalue weighted by atomic mass is 79.9. The first-order chi connectivity index (χ1) is 9.58. The van der Waals surface area contributed by atoms with Gasteiger partial charge >= 0.3 is 0 Å². The van der Waals surface area contributed by atoms with E-state index in [0.717, 1.165) is 29.8 Å². The van der Waals surface area contributed by atoms with Crippen molar-refractivity contribution in [3.63, 3.8) is 0 Å². The molecule has 2 atom stereocenters. The van der Waals surface area contributed by atoms with Crippen LogP contribution in [0, 0.1) is 12.8 Å². The molecule has 1 aromatic rings. The molecule has 5 heteroatoms. The Morgan fingerprint density at radius 2 is 2.10 bits per heavy atom. The summed E-state index contributed by atoms with van der Waals surface area (Å²) >= 11 is 3.68. The summed E-state index contributed by atoms with van der Waals surface area (Å²) in [7, 11) is 2.03. The topological polar surface area (TPSA) is 47.1 Å². The first-order valence-corrected chi connectivity index (χ1v) is 8.49. The van der Waals surface area contributed by atoms with E-state index in [1.165, 1.54) is 31.4 Å². The Hall–Kier alpha value is -0.390. The van der Waals surface area contributed by atoms with Crippen molar-refractivity contribution in [1.29, 1.82) is 0 Å². The maximum atomic E-state index is 5.99. The Morgan fingerprint density at radius 3 is 2.65 bits per heavy atom. The number of hydrogen-bond acceptors (Lipinski definition) is 3. The summed E-state index contributed by atoms with van der Waals surface area (Å²) in [6, 6.07) is 0.626. The second-order valence-corrected chi connectivity index (χ2v) is 6.67. The predicted molar refractivity (Wildman–Crippen MR) is 86.5 cm³/mol. The zero-order valence-corrected chi connectivity index (χ0v) is 14.5. The van der Waals surface area contributed by atoms with Gasteiger partial charge in [0, 0.05) is 19.6 Å². The van der Waals surface area contributed by atoms with E-state index in [1.54, 1.807) is 0 Å². The molecule has 1 aliphatic carbocycles. The molecule has 4 nitrogen and oxygen atoms in total. The molecule has 0 bridgehead atoms. The van der Waals surface area contributed by atoms with Crippen molar-refractivity contribution in [2.75, 3.05) is 13.1 Å². The van der Waals surface area contributed by atoms with E-state index >= 15 is 0 Å². The van der Waals surface area contributed by atoms with Crippen LogP contribution >= 0.6 is 15.9 Å². The Kier molecular flexibility index (Phi) is 5.64. The lowest BCUT2D eigenvalue weighted by Crippen LogP contribution is -2.44. The number of aromatic nitrogens is 2. The van der Waals surface area contributed by atoms with Crippen molar-refractivity contribution >= 4 is 15.9 Å². The zero-order valence-electron chi connectivity index (χ0n) is 12.9. The lowest BCUT2D eigenvalue weighted by molar-refractivity contribution is 0.103. The third-order valence-corrected chi connectivity index (χ3v) is 5.69. The van der Waals surface area contributed by atoms with Crippen molar-refractivity contribution in [2.45, 2.75) is 52.1 Å². The fourth-order valence-corrected chi connectivity index (χ4v) is 3.91. The van der Waals surface area contributed by atoms with Gasteiger partial charge in [-0.1, -0.05) is 19.8 Å². The minimum Gasteiger partial charge on any atom is -0.330 e. The lowest BCUT2D eigenvalue weighted by atomic mass is 9.83. The minimum atomic E-state index is 0.626. The van der Waals surface area contributed by atoms with E-state index in [2.05, 4.69) is 32.9 Å². The molecule has 1 aromatic heterocycles. The molecule has 114 valence electrons. The fraction of sp³-hybridized carbons (Fsp3) is 0.800. The van der Waals surface area contributed by atoms with Gasteiger partial charge in [0.1, 0.15) is 0 Å². The summed E-state index contributed by atoms with van der Waals surface area (Å²) in [6.07, 6.45) is 5.24. The molecule has 0 aliphatic heterocycles. The molecule has 2 unspecified atom stereocenters. The quantitative estimate of drug-likeness (QED) is 0.894. The van der Waals surface area contributed by atoms with Gasteiger partial charge in [0.2, 0.25) is 0 Å². The molecule has 0 amide bonds. The highest BCUT2D eigenvalue weighted by Gasteiger charge is 2.29. The van der Waals surface area contributed by atoms with Crippen molar-refractivity contribution in [3.8, 4) is 0 Å². The average molecular weight is 343 g/mol. The first-order valence-electron chi connectivity index (χ1n) is 7.70. The molecule has 2 N–H and O–H groups in total. The van der Waals surface area contributed by atoms with Crippen molar-refractivity contribution in [3.05, 3.63) is 15.9 Å². The van der Waals surface area contributed by atoms with E-state index in [1.807, 2.05) is 18.7 Å². The summed E-state index contributed by atoms with van der Waals surface area (Å²) in [6.45, 7) is 7.13. The Morgan fingerprint density at radius 1 is 1.40 bits per heavy atom. The van der Waals surface area contributed by atoms with Gasteiger partial charge in [0.25, 0.3) is 0 Å². The second kappa shape index (κ2) is 7.05. The molecule has 2 rings (SSSR count). The number of rotatable bonds is 5. The van der Waals surface area contributed by atoms with Crippen molar-refractivity contribution in [2.24, 2.45) is 18.7 Å². The lowest BCUT2D eigenvalue weighted by Gasteiger charge is -2.39. The van der Waals surface area contributed by atoms with Gasteiger partial charge in [-0.05, 0) is 54.7 Å². The van der Waals surface area contributed by atoms with E-state index < -0.39 is 0 Å². The normalized spacial score (nSPS) is 23.5. The van der Waals surface area contributed by atoms with Crippen LogP contribution in [0.5, 0.6) is 0 Å². The second-order valence-electron chi connectivity index (χ2n) is 5.88. The fourth-order valence-electron chi connectivity index (χ4n) is 3.45. The Labute approximate surface area is 130 Å². The molecule has 0 saturated heterocycles. The maximum Gasteiger partial charge on any atom is 0.0739 e. The molecule has 1 aliphatic rings. The van der Waals surface area contributed by atoms with Crippen LogP contribution in [0.4, 0.5) is 0 Å². The van der Waals surface area contributed by atoms with Crippen LogP contribution in [0.2, 0.25) is 0 Å². The Bertz CT molecular complexity index is 443. The van der Waals surface area contributed by atoms with Crippen LogP contribution in [-0.2, 0) is 13.6 Å². The van der Waals surface area contributed by atoms with Gasteiger partial charge in [-0.3, -0.25) is 9.58 Å².